The number of nitrogens with zero attached hydrogens (tertiary/aromatic N) is 8. The molecule has 0 N–H and O–H groups in total. The standard InChI is InChI=1S/C47H34N8S2/c1-31-14-27-47-43(28-31)55(42-10-4-7-13-46(42)57-47)37-21-17-33(18-22-37)39-30-53(51-49-39)35-25-23-34(24-26-35)52-29-38(48-50-52)32-15-19-36(20-16-32)54-40-8-2-5-11-44(40)56-45-12-6-3-9-41(45)54/h2-27,29-31H,28H2,1H3. The van der Waals surface area contributed by atoms with Gasteiger partial charge in [-0.1, -0.05) is 114 Å². The van der Waals surface area contributed by atoms with Crippen LogP contribution in [-0.4, -0.2) is 30.0 Å². The van der Waals surface area contributed by atoms with Crippen molar-refractivity contribution < 1.29 is 0 Å². The molecule has 0 radical (unpaired) electrons. The third-order valence-electron chi connectivity index (χ3n) is 10.6. The van der Waals surface area contributed by atoms with Crippen LogP contribution in [0, 0.1) is 5.92 Å². The number of benzene rings is 6. The van der Waals surface area contributed by atoms with E-state index in [1.807, 2.05) is 64.9 Å². The second kappa shape index (κ2) is 13.8. The number of aromatic nitrogens is 6. The van der Waals surface area contributed by atoms with Gasteiger partial charge < -0.3 is 9.80 Å². The number of anilines is 5. The van der Waals surface area contributed by atoms with E-state index in [9.17, 15) is 0 Å². The summed E-state index contributed by atoms with van der Waals surface area (Å²) in [6.07, 6.45) is 9.55. The predicted octanol–water partition coefficient (Wildman–Crippen LogP) is 12.2. The quantitative estimate of drug-likeness (QED) is 0.165. The summed E-state index contributed by atoms with van der Waals surface area (Å²) in [6.45, 7) is 2.28. The maximum absolute atomic E-state index is 4.54. The third-order valence-corrected chi connectivity index (χ3v) is 12.9. The Morgan fingerprint density at radius 2 is 0.930 bits per heavy atom. The zero-order chi connectivity index (χ0) is 37.9. The van der Waals surface area contributed by atoms with Crippen LogP contribution in [0.2, 0.25) is 0 Å². The molecular formula is C47H34N8S2. The SMILES string of the molecule is CC1C=CC2=C(C1)N(c1ccc(-c3cn(-c4ccc(-n5cc(-c6ccc(N7c8ccccc8Sc8ccccc87)cc6)nn5)cc4)nn3)cc1)c1ccccc1S2. The normalized spacial score (nSPS) is 15.6. The molecule has 0 spiro atoms. The van der Waals surface area contributed by atoms with Gasteiger partial charge in [-0.3, -0.25) is 0 Å². The van der Waals surface area contributed by atoms with Gasteiger partial charge in [-0.05, 0) is 97.3 Å². The highest BCUT2D eigenvalue weighted by atomic mass is 32.2. The molecule has 274 valence electrons. The number of allylic oxidation sites excluding steroid dienone is 3. The predicted molar refractivity (Wildman–Crippen MR) is 230 cm³/mol. The lowest BCUT2D eigenvalue weighted by atomic mass is 9.98. The fourth-order valence-corrected chi connectivity index (χ4v) is 9.90. The van der Waals surface area contributed by atoms with Crippen molar-refractivity contribution in [1.82, 2.24) is 30.0 Å². The zero-order valence-electron chi connectivity index (χ0n) is 30.8. The molecule has 0 bridgehead atoms. The Morgan fingerprint density at radius 1 is 0.491 bits per heavy atom. The maximum atomic E-state index is 4.54. The van der Waals surface area contributed by atoms with Gasteiger partial charge in [0.25, 0.3) is 0 Å². The zero-order valence-corrected chi connectivity index (χ0v) is 32.5. The van der Waals surface area contributed by atoms with Crippen molar-refractivity contribution in [1.29, 1.82) is 0 Å². The average Bonchev–Trinajstić information content (AvgIpc) is 3.97. The van der Waals surface area contributed by atoms with Gasteiger partial charge in [0.05, 0.1) is 40.8 Å². The fourth-order valence-electron chi connectivity index (χ4n) is 7.75. The molecular weight excluding hydrogens is 741 g/mol. The molecule has 1 atom stereocenters. The second-order valence-corrected chi connectivity index (χ2v) is 16.5. The van der Waals surface area contributed by atoms with E-state index < -0.39 is 0 Å². The molecule has 0 saturated carbocycles. The highest BCUT2D eigenvalue weighted by Crippen LogP contribution is 2.52. The lowest BCUT2D eigenvalue weighted by Crippen LogP contribution is -2.23. The van der Waals surface area contributed by atoms with Crippen molar-refractivity contribution in [3.05, 3.63) is 181 Å². The molecule has 2 aliphatic heterocycles. The smallest absolute Gasteiger partial charge is 0.113 e. The number of thioether (sulfide) groups is 1. The first-order chi connectivity index (χ1) is 28.1. The highest BCUT2D eigenvalue weighted by Gasteiger charge is 2.29. The van der Waals surface area contributed by atoms with Crippen LogP contribution in [0.3, 0.4) is 0 Å². The molecule has 2 aromatic heterocycles. The monoisotopic (exact) mass is 774 g/mol. The van der Waals surface area contributed by atoms with Crippen LogP contribution in [0.5, 0.6) is 0 Å². The summed E-state index contributed by atoms with van der Waals surface area (Å²) < 4.78 is 3.61. The van der Waals surface area contributed by atoms with Gasteiger partial charge >= 0.3 is 0 Å². The molecule has 3 aliphatic rings. The maximum Gasteiger partial charge on any atom is 0.113 e. The van der Waals surface area contributed by atoms with Crippen molar-refractivity contribution >= 4 is 52.0 Å². The largest absolute Gasteiger partial charge is 0.312 e. The first-order valence-corrected chi connectivity index (χ1v) is 20.6. The van der Waals surface area contributed by atoms with Gasteiger partial charge in [0.15, 0.2) is 0 Å². The second-order valence-electron chi connectivity index (χ2n) is 14.3. The summed E-state index contributed by atoms with van der Waals surface area (Å²) >= 11 is 3.67. The van der Waals surface area contributed by atoms with Gasteiger partial charge in [-0.25, -0.2) is 9.36 Å². The fraction of sp³-hybridized carbons (Fsp3) is 0.0638. The van der Waals surface area contributed by atoms with Crippen molar-refractivity contribution in [3.63, 3.8) is 0 Å². The van der Waals surface area contributed by atoms with Crippen LogP contribution in [0.15, 0.2) is 195 Å². The number of para-hydroxylation sites is 3. The van der Waals surface area contributed by atoms with E-state index >= 15 is 0 Å². The van der Waals surface area contributed by atoms with E-state index in [0.29, 0.717) is 5.92 Å². The minimum Gasteiger partial charge on any atom is -0.312 e. The summed E-state index contributed by atoms with van der Waals surface area (Å²) in [7, 11) is 0. The summed E-state index contributed by atoms with van der Waals surface area (Å²) in [5.74, 6) is 0.501. The first kappa shape index (κ1) is 33.7. The summed E-state index contributed by atoms with van der Waals surface area (Å²) in [4.78, 5) is 9.83. The van der Waals surface area contributed by atoms with E-state index in [1.54, 1.807) is 4.68 Å². The van der Waals surface area contributed by atoms with Gasteiger partial charge in [0.1, 0.15) is 11.4 Å². The average molecular weight is 775 g/mol. The van der Waals surface area contributed by atoms with E-state index in [2.05, 4.69) is 171 Å². The van der Waals surface area contributed by atoms with Crippen molar-refractivity contribution in [3.8, 4) is 33.9 Å². The summed E-state index contributed by atoms with van der Waals surface area (Å²) in [6, 6.07) is 51.1. The van der Waals surface area contributed by atoms with Crippen molar-refractivity contribution in [2.45, 2.75) is 28.0 Å². The third kappa shape index (κ3) is 6.05. The Balaban J connectivity index is 0.802. The van der Waals surface area contributed by atoms with Crippen LogP contribution in [0.1, 0.15) is 13.3 Å². The molecule has 1 aliphatic carbocycles. The van der Waals surface area contributed by atoms with Gasteiger partial charge in [-0.2, -0.15) is 0 Å². The molecule has 8 aromatic rings. The number of hydrogen-bond acceptors (Lipinski definition) is 8. The van der Waals surface area contributed by atoms with E-state index in [-0.39, 0.29) is 0 Å². The van der Waals surface area contributed by atoms with E-state index in [4.69, 9.17) is 0 Å². The van der Waals surface area contributed by atoms with Crippen LogP contribution in [0.4, 0.5) is 28.4 Å². The Morgan fingerprint density at radius 3 is 1.46 bits per heavy atom. The molecule has 10 heteroatoms. The van der Waals surface area contributed by atoms with Gasteiger partial charge in [0.2, 0.25) is 0 Å². The topological polar surface area (TPSA) is 67.9 Å². The molecule has 4 heterocycles. The highest BCUT2D eigenvalue weighted by molar-refractivity contribution is 8.03. The van der Waals surface area contributed by atoms with Crippen molar-refractivity contribution in [2.75, 3.05) is 9.80 Å². The van der Waals surface area contributed by atoms with E-state index in [1.165, 1.54) is 42.4 Å². The molecule has 11 rings (SSSR count). The molecule has 1 unspecified atom stereocenters. The molecule has 6 aromatic carbocycles. The van der Waals surface area contributed by atoms with Crippen LogP contribution in [0.25, 0.3) is 33.9 Å². The number of fused-ring (bicyclic) bond motifs is 3. The van der Waals surface area contributed by atoms with Crippen LogP contribution in [-0.2, 0) is 0 Å². The molecule has 0 fully saturated rings. The summed E-state index contributed by atoms with van der Waals surface area (Å²) in [5.41, 5.74) is 12.6. The van der Waals surface area contributed by atoms with Gasteiger partial charge in [0, 0.05) is 47.8 Å². The minimum absolute atomic E-state index is 0.501. The Labute approximate surface area is 338 Å². The van der Waals surface area contributed by atoms with Crippen LogP contribution < -0.4 is 9.80 Å². The van der Waals surface area contributed by atoms with Crippen LogP contribution >= 0.6 is 23.5 Å². The summed E-state index contributed by atoms with van der Waals surface area (Å²) in [5, 5.41) is 18.0. The Kier molecular flexibility index (Phi) is 8.18. The van der Waals surface area contributed by atoms with Gasteiger partial charge in [-0.15, -0.1) is 10.2 Å². The van der Waals surface area contributed by atoms with E-state index in [0.717, 1.165) is 51.7 Å². The Bertz CT molecular complexity index is 2810. The molecule has 8 nitrogen and oxygen atoms in total. The molecule has 0 saturated heterocycles. The minimum atomic E-state index is 0.501. The molecule has 57 heavy (non-hydrogen) atoms. The molecule has 0 amide bonds. The number of hydrogen-bond donors (Lipinski definition) is 0. The number of rotatable bonds is 6. The lowest BCUT2D eigenvalue weighted by molar-refractivity contribution is 0.692. The van der Waals surface area contributed by atoms with Crippen molar-refractivity contribution in [2.24, 2.45) is 5.92 Å². The first-order valence-electron chi connectivity index (χ1n) is 18.9. The Hall–Kier alpha value is -6.62. The lowest BCUT2D eigenvalue weighted by Gasteiger charge is -2.37.